The van der Waals surface area contributed by atoms with E-state index in [1.807, 2.05) is 0 Å². The molecule has 1 unspecified atom stereocenters. The van der Waals surface area contributed by atoms with Crippen LogP contribution in [0.5, 0.6) is 0 Å². The van der Waals surface area contributed by atoms with Crippen LogP contribution in [0.25, 0.3) is 0 Å². The van der Waals surface area contributed by atoms with Crippen molar-refractivity contribution in [3.8, 4) is 0 Å². The van der Waals surface area contributed by atoms with Crippen molar-refractivity contribution in [3.05, 3.63) is 83.4 Å². The summed E-state index contributed by atoms with van der Waals surface area (Å²) in [7, 11) is 0. The number of hydrogen-bond donors (Lipinski definition) is 0. The second kappa shape index (κ2) is 5.88. The second-order valence-electron chi connectivity index (χ2n) is 5.03. The molecule has 0 radical (unpaired) electrons. The molecule has 2 aromatic rings. The topological polar surface area (TPSA) is 0 Å². The van der Waals surface area contributed by atoms with Crippen molar-refractivity contribution in [1.29, 1.82) is 0 Å². The van der Waals surface area contributed by atoms with Crippen LogP contribution < -0.4 is 0 Å². The highest BCUT2D eigenvalue weighted by atomic mass is 14.2. The van der Waals surface area contributed by atoms with Gasteiger partial charge in [0, 0.05) is 5.92 Å². The van der Waals surface area contributed by atoms with Crippen molar-refractivity contribution in [2.75, 3.05) is 0 Å². The average Bonchev–Trinajstić information content (AvgIpc) is 3.27. The van der Waals surface area contributed by atoms with Gasteiger partial charge in [-0.3, -0.25) is 0 Å². The summed E-state index contributed by atoms with van der Waals surface area (Å²) in [6.07, 6.45) is 2.33. The lowest BCUT2D eigenvalue weighted by Gasteiger charge is -2.13. The SMILES string of the molecule is C=C.CCc1cccc(C(C)c2ccc3c(c2)C3)c1. The zero-order valence-corrected chi connectivity index (χ0v) is 11.9. The quantitative estimate of drug-likeness (QED) is 0.567. The summed E-state index contributed by atoms with van der Waals surface area (Å²) in [6.45, 7) is 10.5. The highest BCUT2D eigenvalue weighted by Gasteiger charge is 2.18. The van der Waals surface area contributed by atoms with E-state index < -0.39 is 0 Å². The molecule has 0 spiro atoms. The molecule has 19 heavy (non-hydrogen) atoms. The Balaban J connectivity index is 0.000000637. The first kappa shape index (κ1) is 13.6. The fraction of sp³-hybridized carbons (Fsp3) is 0.263. The molecular weight excluding hydrogens is 228 g/mol. The van der Waals surface area contributed by atoms with Crippen LogP contribution in [0.3, 0.4) is 0 Å². The molecule has 0 fully saturated rings. The highest BCUT2D eigenvalue weighted by molar-refractivity contribution is 5.49. The van der Waals surface area contributed by atoms with Gasteiger partial charge in [-0.15, -0.1) is 13.2 Å². The van der Waals surface area contributed by atoms with Crippen molar-refractivity contribution in [1.82, 2.24) is 0 Å². The van der Waals surface area contributed by atoms with E-state index in [1.54, 1.807) is 5.56 Å². The standard InChI is InChI=1S/C17H18.C2H4/c1-3-13-5-4-6-14(9-13)12(2)15-7-8-16-11-17(16)10-15;1-2/h4-10,12H,3,11H2,1-2H3;1-2H2. The Morgan fingerprint density at radius 3 is 2.42 bits per heavy atom. The minimum absolute atomic E-state index is 0.507. The van der Waals surface area contributed by atoms with Crippen LogP contribution in [0.2, 0.25) is 0 Å². The Morgan fingerprint density at radius 1 is 1.00 bits per heavy atom. The summed E-state index contributed by atoms with van der Waals surface area (Å²) >= 11 is 0. The maximum atomic E-state index is 3.00. The van der Waals surface area contributed by atoms with Gasteiger partial charge in [-0.25, -0.2) is 0 Å². The lowest BCUT2D eigenvalue weighted by Crippen LogP contribution is -1.96. The molecule has 98 valence electrons. The van der Waals surface area contributed by atoms with E-state index in [4.69, 9.17) is 0 Å². The van der Waals surface area contributed by atoms with Crippen molar-refractivity contribution in [3.63, 3.8) is 0 Å². The summed E-state index contributed by atoms with van der Waals surface area (Å²) in [4.78, 5) is 0. The number of benzene rings is 2. The first-order chi connectivity index (χ1) is 9.28. The predicted octanol–water partition coefficient (Wildman–Crippen LogP) is 5.11. The summed E-state index contributed by atoms with van der Waals surface area (Å²) in [6, 6.07) is 15.9. The maximum Gasteiger partial charge on any atom is 0.00612 e. The second-order valence-corrected chi connectivity index (χ2v) is 5.03. The smallest absolute Gasteiger partial charge is 0.00612 e. The van der Waals surface area contributed by atoms with E-state index in [-0.39, 0.29) is 0 Å². The fourth-order valence-corrected chi connectivity index (χ4v) is 2.46. The van der Waals surface area contributed by atoms with E-state index in [9.17, 15) is 0 Å². The first-order valence-corrected chi connectivity index (χ1v) is 6.98. The fourth-order valence-electron chi connectivity index (χ4n) is 2.46. The van der Waals surface area contributed by atoms with Gasteiger partial charge >= 0.3 is 0 Å². The van der Waals surface area contributed by atoms with Crippen LogP contribution in [0, 0.1) is 0 Å². The third kappa shape index (κ3) is 2.96. The number of fused-ring (bicyclic) bond motifs is 1. The third-order valence-corrected chi connectivity index (χ3v) is 3.85. The molecule has 0 bridgehead atoms. The molecule has 0 heteroatoms. The molecule has 1 aliphatic rings. The first-order valence-electron chi connectivity index (χ1n) is 6.98. The Kier molecular flexibility index (Phi) is 4.21. The van der Waals surface area contributed by atoms with Gasteiger partial charge in [0.15, 0.2) is 0 Å². The minimum atomic E-state index is 0.507. The van der Waals surface area contributed by atoms with Gasteiger partial charge < -0.3 is 0 Å². The summed E-state index contributed by atoms with van der Waals surface area (Å²) in [5.41, 5.74) is 7.39. The van der Waals surface area contributed by atoms with Gasteiger partial charge in [-0.1, -0.05) is 56.3 Å². The molecule has 0 nitrogen and oxygen atoms in total. The van der Waals surface area contributed by atoms with Crippen molar-refractivity contribution < 1.29 is 0 Å². The van der Waals surface area contributed by atoms with Gasteiger partial charge in [-0.2, -0.15) is 0 Å². The predicted molar refractivity (Wildman–Crippen MR) is 83.8 cm³/mol. The molecule has 0 heterocycles. The molecule has 1 aliphatic carbocycles. The number of aryl methyl sites for hydroxylation is 1. The van der Waals surface area contributed by atoms with Gasteiger partial charge in [0.05, 0.1) is 0 Å². The number of hydrogen-bond acceptors (Lipinski definition) is 0. The highest BCUT2D eigenvalue weighted by Crippen LogP contribution is 2.33. The maximum absolute atomic E-state index is 3.00. The van der Waals surface area contributed by atoms with Crippen LogP contribution in [-0.2, 0) is 12.8 Å². The van der Waals surface area contributed by atoms with Gasteiger partial charge in [-0.05, 0) is 40.7 Å². The van der Waals surface area contributed by atoms with Crippen LogP contribution in [0.4, 0.5) is 0 Å². The molecule has 0 saturated heterocycles. The van der Waals surface area contributed by atoms with E-state index >= 15 is 0 Å². The Labute approximate surface area is 116 Å². The third-order valence-electron chi connectivity index (χ3n) is 3.85. The molecular formula is C19H22. The van der Waals surface area contributed by atoms with Crippen molar-refractivity contribution >= 4 is 0 Å². The Hall–Kier alpha value is -1.82. The van der Waals surface area contributed by atoms with E-state index in [1.165, 1.54) is 28.7 Å². The summed E-state index contributed by atoms with van der Waals surface area (Å²) in [5, 5.41) is 0. The van der Waals surface area contributed by atoms with Crippen LogP contribution in [-0.4, -0.2) is 0 Å². The van der Waals surface area contributed by atoms with Gasteiger partial charge in [0.1, 0.15) is 0 Å². The molecule has 0 aromatic heterocycles. The molecule has 1 atom stereocenters. The van der Waals surface area contributed by atoms with Crippen molar-refractivity contribution in [2.24, 2.45) is 0 Å². The normalized spacial score (nSPS) is 12.9. The Morgan fingerprint density at radius 2 is 1.74 bits per heavy atom. The van der Waals surface area contributed by atoms with E-state index in [2.05, 4.69) is 69.5 Å². The monoisotopic (exact) mass is 250 g/mol. The molecule has 2 aromatic carbocycles. The molecule has 3 rings (SSSR count). The van der Waals surface area contributed by atoms with E-state index in [0.717, 1.165) is 6.42 Å². The minimum Gasteiger partial charge on any atom is -0.106 e. The van der Waals surface area contributed by atoms with Crippen LogP contribution in [0.15, 0.2) is 55.6 Å². The van der Waals surface area contributed by atoms with Crippen molar-refractivity contribution in [2.45, 2.75) is 32.6 Å². The van der Waals surface area contributed by atoms with Crippen LogP contribution >= 0.6 is 0 Å². The Bertz CT molecular complexity index is 566. The van der Waals surface area contributed by atoms with Gasteiger partial charge in [0.2, 0.25) is 0 Å². The largest absolute Gasteiger partial charge is 0.106 e. The number of rotatable bonds is 3. The molecule has 0 amide bonds. The summed E-state index contributed by atoms with van der Waals surface area (Å²) in [5.74, 6) is 0.507. The zero-order chi connectivity index (χ0) is 13.8. The summed E-state index contributed by atoms with van der Waals surface area (Å²) < 4.78 is 0. The van der Waals surface area contributed by atoms with Gasteiger partial charge in [0.25, 0.3) is 0 Å². The van der Waals surface area contributed by atoms with Crippen LogP contribution in [0.1, 0.15) is 47.6 Å². The van der Waals surface area contributed by atoms with E-state index in [0.29, 0.717) is 5.92 Å². The average molecular weight is 250 g/mol. The zero-order valence-electron chi connectivity index (χ0n) is 11.9. The molecule has 0 aliphatic heterocycles. The molecule has 0 saturated carbocycles. The lowest BCUT2D eigenvalue weighted by atomic mass is 9.92. The molecule has 0 N–H and O–H groups in total. The lowest BCUT2D eigenvalue weighted by molar-refractivity contribution is 0.916.